The van der Waals surface area contributed by atoms with E-state index in [4.69, 9.17) is 5.26 Å². The molecule has 102 valence electrons. The van der Waals surface area contributed by atoms with Crippen LogP contribution in [0.1, 0.15) is 11.1 Å². The lowest BCUT2D eigenvalue weighted by molar-refractivity contribution is 0.134. The van der Waals surface area contributed by atoms with E-state index in [1.165, 1.54) is 10.4 Å². The first-order chi connectivity index (χ1) is 8.87. The summed E-state index contributed by atoms with van der Waals surface area (Å²) in [5, 5.41) is 9.13. The fraction of sp³-hybridized carbons (Fsp3) is 0.462. The molecule has 2 rings (SSSR count). The lowest BCUT2D eigenvalue weighted by Crippen LogP contribution is -2.59. The zero-order valence-corrected chi connectivity index (χ0v) is 12.1. The van der Waals surface area contributed by atoms with Gasteiger partial charge in [-0.25, -0.2) is 8.42 Å². The summed E-state index contributed by atoms with van der Waals surface area (Å²) in [7, 11) is 0.315. The number of hydrogen-bond donors (Lipinski definition) is 0. The Morgan fingerprint density at radius 2 is 2.00 bits per heavy atom. The lowest BCUT2D eigenvalue weighted by Gasteiger charge is -2.41. The lowest BCUT2D eigenvalue weighted by atomic mass is 10.1. The quantitative estimate of drug-likeness (QED) is 0.821. The van der Waals surface area contributed by atoms with Crippen LogP contribution in [0.25, 0.3) is 0 Å². The molecular formula is C13H17N3O2S. The van der Waals surface area contributed by atoms with E-state index in [1.807, 2.05) is 25.1 Å². The fourth-order valence-corrected chi connectivity index (χ4v) is 3.81. The summed E-state index contributed by atoms with van der Waals surface area (Å²) >= 11 is 0. The topological polar surface area (TPSA) is 64.4 Å². The van der Waals surface area contributed by atoms with Gasteiger partial charge in [-0.1, -0.05) is 12.1 Å². The first-order valence-electron chi connectivity index (χ1n) is 6.04. The summed E-state index contributed by atoms with van der Waals surface area (Å²) < 4.78 is 26.4. The molecule has 0 bridgehead atoms. The first kappa shape index (κ1) is 14.0. The Hall–Kier alpha value is -1.42. The summed E-state index contributed by atoms with van der Waals surface area (Å²) in [5.74, 6) is 0. The van der Waals surface area contributed by atoms with Gasteiger partial charge >= 0.3 is 0 Å². The average molecular weight is 279 g/mol. The van der Waals surface area contributed by atoms with Crippen molar-refractivity contribution in [2.24, 2.45) is 0 Å². The number of nitriles is 1. The molecule has 1 aromatic rings. The second kappa shape index (κ2) is 4.93. The second-order valence-corrected chi connectivity index (χ2v) is 6.91. The van der Waals surface area contributed by atoms with E-state index in [1.54, 1.807) is 19.1 Å². The van der Waals surface area contributed by atoms with Gasteiger partial charge < -0.3 is 4.90 Å². The van der Waals surface area contributed by atoms with Crippen molar-refractivity contribution in [2.45, 2.75) is 17.9 Å². The van der Waals surface area contributed by atoms with Crippen LogP contribution in [-0.2, 0) is 10.0 Å². The minimum Gasteiger partial charge on any atom is -0.304 e. The molecule has 6 heteroatoms. The van der Waals surface area contributed by atoms with Crippen LogP contribution in [0.5, 0.6) is 0 Å². The average Bonchev–Trinajstić information content (AvgIpc) is 2.25. The molecule has 19 heavy (non-hydrogen) atoms. The van der Waals surface area contributed by atoms with Gasteiger partial charge in [0.1, 0.15) is 11.0 Å². The molecule has 0 atom stereocenters. The van der Waals surface area contributed by atoms with Crippen molar-refractivity contribution in [3.63, 3.8) is 0 Å². The van der Waals surface area contributed by atoms with Crippen molar-refractivity contribution in [1.29, 1.82) is 5.26 Å². The molecule has 1 aliphatic heterocycles. The van der Waals surface area contributed by atoms with Crippen molar-refractivity contribution in [3.05, 3.63) is 29.3 Å². The highest BCUT2D eigenvalue weighted by molar-refractivity contribution is 7.89. The molecule has 0 radical (unpaired) electrons. The molecule has 1 fully saturated rings. The Balaban J connectivity index is 2.33. The molecule has 1 saturated heterocycles. The molecule has 0 spiro atoms. The molecule has 0 amide bonds. The van der Waals surface area contributed by atoms with Crippen LogP contribution in [-0.4, -0.2) is 50.8 Å². The van der Waals surface area contributed by atoms with Gasteiger partial charge in [0.2, 0.25) is 10.0 Å². The van der Waals surface area contributed by atoms with Crippen molar-refractivity contribution in [1.82, 2.24) is 9.21 Å². The highest BCUT2D eigenvalue weighted by Crippen LogP contribution is 2.26. The van der Waals surface area contributed by atoms with Gasteiger partial charge in [-0.3, -0.25) is 0 Å². The summed E-state index contributed by atoms with van der Waals surface area (Å²) in [4.78, 5) is 2.13. The van der Waals surface area contributed by atoms with Crippen LogP contribution in [0.15, 0.2) is 23.1 Å². The monoisotopic (exact) mass is 279 g/mol. The van der Waals surface area contributed by atoms with Crippen LogP contribution in [0.2, 0.25) is 0 Å². The van der Waals surface area contributed by atoms with Crippen LogP contribution in [0.4, 0.5) is 0 Å². The van der Waals surface area contributed by atoms with Crippen molar-refractivity contribution in [3.8, 4) is 6.07 Å². The molecule has 0 unspecified atom stereocenters. The Morgan fingerprint density at radius 1 is 1.37 bits per heavy atom. The van der Waals surface area contributed by atoms with Crippen LogP contribution in [0, 0.1) is 18.3 Å². The minimum atomic E-state index is -3.55. The Bertz CT molecular complexity index is 626. The van der Waals surface area contributed by atoms with Gasteiger partial charge in [0.15, 0.2) is 0 Å². The van der Waals surface area contributed by atoms with Gasteiger partial charge in [-0.05, 0) is 32.6 Å². The number of sulfonamides is 1. The van der Waals surface area contributed by atoms with Crippen LogP contribution in [0.3, 0.4) is 0 Å². The van der Waals surface area contributed by atoms with E-state index < -0.39 is 10.0 Å². The molecular weight excluding hydrogens is 262 g/mol. The van der Waals surface area contributed by atoms with Crippen LogP contribution < -0.4 is 0 Å². The predicted octanol–water partition coefficient (Wildman–Crippen LogP) is 0.801. The zero-order valence-electron chi connectivity index (χ0n) is 11.3. The third kappa shape index (κ3) is 2.37. The second-order valence-electron chi connectivity index (χ2n) is 5.00. The third-order valence-corrected chi connectivity index (χ3v) is 5.40. The summed E-state index contributed by atoms with van der Waals surface area (Å²) in [5.41, 5.74) is 0.934. The van der Waals surface area contributed by atoms with Gasteiger partial charge in [0, 0.05) is 19.1 Å². The SMILES string of the molecule is Cc1cccc(S(=O)(=O)N2CC(N(C)C)C2)c1C#N. The number of nitrogens with zero attached hydrogens (tertiary/aromatic N) is 3. The predicted molar refractivity (Wildman–Crippen MR) is 72.1 cm³/mol. The highest BCUT2D eigenvalue weighted by atomic mass is 32.2. The normalized spacial score (nSPS) is 17.2. The molecule has 0 aromatic heterocycles. The Kier molecular flexibility index (Phi) is 3.63. The number of aryl methyl sites for hydroxylation is 1. The zero-order chi connectivity index (χ0) is 14.2. The smallest absolute Gasteiger partial charge is 0.244 e. The van der Waals surface area contributed by atoms with E-state index in [0.717, 1.165) is 0 Å². The number of hydrogen-bond acceptors (Lipinski definition) is 4. The largest absolute Gasteiger partial charge is 0.304 e. The molecule has 0 saturated carbocycles. The van der Waals surface area contributed by atoms with Gasteiger partial charge in [-0.2, -0.15) is 9.57 Å². The highest BCUT2D eigenvalue weighted by Gasteiger charge is 2.38. The summed E-state index contributed by atoms with van der Waals surface area (Å²) in [6.45, 7) is 2.71. The fourth-order valence-electron chi connectivity index (χ4n) is 2.08. The summed E-state index contributed by atoms with van der Waals surface area (Å²) in [6, 6.07) is 7.17. The minimum absolute atomic E-state index is 0.118. The van der Waals surface area contributed by atoms with Crippen molar-refractivity contribution < 1.29 is 8.42 Å². The first-order valence-corrected chi connectivity index (χ1v) is 7.48. The Morgan fingerprint density at radius 3 is 2.53 bits per heavy atom. The molecule has 1 heterocycles. The molecule has 1 aromatic carbocycles. The molecule has 0 aliphatic carbocycles. The maximum absolute atomic E-state index is 12.5. The Labute approximate surface area is 114 Å². The van der Waals surface area contributed by atoms with E-state index >= 15 is 0 Å². The van der Waals surface area contributed by atoms with E-state index in [2.05, 4.69) is 0 Å². The van der Waals surface area contributed by atoms with Gasteiger partial charge in [-0.15, -0.1) is 0 Å². The third-order valence-electron chi connectivity index (χ3n) is 3.52. The number of likely N-dealkylation sites (N-methyl/N-ethyl adjacent to an activating group) is 1. The van der Waals surface area contributed by atoms with Gasteiger partial charge in [0.25, 0.3) is 0 Å². The maximum Gasteiger partial charge on any atom is 0.244 e. The van der Waals surface area contributed by atoms with E-state index in [0.29, 0.717) is 18.7 Å². The molecule has 5 nitrogen and oxygen atoms in total. The van der Waals surface area contributed by atoms with Gasteiger partial charge in [0.05, 0.1) is 5.56 Å². The summed E-state index contributed by atoms with van der Waals surface area (Å²) in [6.07, 6.45) is 0. The maximum atomic E-state index is 12.5. The van der Waals surface area contributed by atoms with E-state index in [9.17, 15) is 8.42 Å². The van der Waals surface area contributed by atoms with Crippen LogP contribution >= 0.6 is 0 Å². The van der Waals surface area contributed by atoms with Crippen molar-refractivity contribution in [2.75, 3.05) is 27.2 Å². The molecule has 0 N–H and O–H groups in total. The standard InChI is InChI=1S/C13H17N3O2S/c1-10-5-4-6-13(12(10)7-14)19(17,18)16-8-11(9-16)15(2)3/h4-6,11H,8-9H2,1-3H3. The number of rotatable bonds is 3. The van der Waals surface area contributed by atoms with Crippen molar-refractivity contribution >= 4 is 10.0 Å². The van der Waals surface area contributed by atoms with E-state index in [-0.39, 0.29) is 16.5 Å². The molecule has 1 aliphatic rings. The number of benzene rings is 1.